The first-order chi connectivity index (χ1) is 13.1. The Hall–Kier alpha value is -3.22. The summed E-state index contributed by atoms with van der Waals surface area (Å²) in [5.74, 6) is -0.756. The molecule has 27 heavy (non-hydrogen) atoms. The largest absolute Gasteiger partial charge is 0.372 e. The van der Waals surface area contributed by atoms with Crippen LogP contribution in [0.1, 0.15) is 13.8 Å². The standard InChI is InChI=1S/C20H21F2N5/c1-3-27(4-2)15-10-8-14(9-11-15)24-20-23-13-12-18(26-20)25-19-16(21)6-5-7-17(19)22/h5-13H,3-4H2,1-2H3,(H2,23,24,25,26). The topological polar surface area (TPSA) is 53.1 Å². The number of hydrogen-bond donors (Lipinski definition) is 2. The average molecular weight is 369 g/mol. The fourth-order valence-corrected chi connectivity index (χ4v) is 2.71. The number of benzene rings is 2. The molecule has 3 rings (SSSR count). The smallest absolute Gasteiger partial charge is 0.229 e. The van der Waals surface area contributed by atoms with Crippen molar-refractivity contribution in [3.8, 4) is 0 Å². The quantitative estimate of drug-likeness (QED) is 0.608. The Morgan fingerprint density at radius 3 is 2.19 bits per heavy atom. The maximum atomic E-state index is 13.8. The van der Waals surface area contributed by atoms with Crippen LogP contribution in [0, 0.1) is 11.6 Å². The van der Waals surface area contributed by atoms with Gasteiger partial charge < -0.3 is 15.5 Å². The SMILES string of the molecule is CCN(CC)c1ccc(Nc2nccc(Nc3c(F)cccc3F)n2)cc1. The summed E-state index contributed by atoms with van der Waals surface area (Å²) in [6.45, 7) is 6.10. The summed E-state index contributed by atoms with van der Waals surface area (Å²) in [6, 6.07) is 13.1. The highest BCUT2D eigenvalue weighted by Crippen LogP contribution is 2.23. The highest BCUT2D eigenvalue weighted by Gasteiger charge is 2.10. The van der Waals surface area contributed by atoms with E-state index in [9.17, 15) is 8.78 Å². The van der Waals surface area contributed by atoms with Gasteiger partial charge in [-0.05, 0) is 56.3 Å². The number of anilines is 5. The molecule has 0 unspecified atom stereocenters. The predicted octanol–water partition coefficient (Wildman–Crippen LogP) is 5.09. The van der Waals surface area contributed by atoms with Gasteiger partial charge in [0.2, 0.25) is 5.95 Å². The van der Waals surface area contributed by atoms with Gasteiger partial charge in [-0.3, -0.25) is 0 Å². The zero-order valence-corrected chi connectivity index (χ0v) is 15.2. The van der Waals surface area contributed by atoms with Crippen LogP contribution < -0.4 is 15.5 Å². The minimum atomic E-state index is -0.685. The molecule has 0 atom stereocenters. The number of nitrogens with zero attached hydrogens (tertiary/aromatic N) is 3. The molecule has 140 valence electrons. The number of para-hydroxylation sites is 1. The monoisotopic (exact) mass is 369 g/mol. The summed E-state index contributed by atoms with van der Waals surface area (Å²) in [4.78, 5) is 10.7. The van der Waals surface area contributed by atoms with Gasteiger partial charge in [0.25, 0.3) is 0 Å². The van der Waals surface area contributed by atoms with E-state index in [4.69, 9.17) is 0 Å². The van der Waals surface area contributed by atoms with Crippen molar-refractivity contribution < 1.29 is 8.78 Å². The van der Waals surface area contributed by atoms with E-state index in [2.05, 4.69) is 39.3 Å². The fraction of sp³-hybridized carbons (Fsp3) is 0.200. The number of aromatic nitrogens is 2. The molecular formula is C20H21F2N5. The summed E-state index contributed by atoms with van der Waals surface area (Å²) < 4.78 is 27.6. The molecule has 0 fully saturated rings. The highest BCUT2D eigenvalue weighted by molar-refractivity contribution is 5.62. The Balaban J connectivity index is 1.74. The van der Waals surface area contributed by atoms with E-state index < -0.39 is 11.6 Å². The Morgan fingerprint density at radius 1 is 0.889 bits per heavy atom. The van der Waals surface area contributed by atoms with Crippen LogP contribution in [-0.2, 0) is 0 Å². The summed E-state index contributed by atoms with van der Waals surface area (Å²) in [5.41, 5.74) is 1.71. The molecule has 0 radical (unpaired) electrons. The van der Waals surface area contributed by atoms with Crippen molar-refractivity contribution in [3.63, 3.8) is 0 Å². The lowest BCUT2D eigenvalue weighted by atomic mass is 10.2. The van der Waals surface area contributed by atoms with Gasteiger partial charge in [0.1, 0.15) is 23.1 Å². The molecule has 0 spiro atoms. The molecule has 3 aromatic rings. The Bertz CT molecular complexity index is 875. The van der Waals surface area contributed by atoms with Crippen LogP contribution in [-0.4, -0.2) is 23.1 Å². The first kappa shape index (κ1) is 18.6. The normalized spacial score (nSPS) is 10.5. The first-order valence-electron chi connectivity index (χ1n) is 8.76. The summed E-state index contributed by atoms with van der Waals surface area (Å²) in [6.07, 6.45) is 1.51. The number of hydrogen-bond acceptors (Lipinski definition) is 5. The zero-order valence-electron chi connectivity index (χ0n) is 15.2. The van der Waals surface area contributed by atoms with Gasteiger partial charge in [0, 0.05) is 30.7 Å². The lowest BCUT2D eigenvalue weighted by Crippen LogP contribution is -2.21. The van der Waals surface area contributed by atoms with Gasteiger partial charge >= 0.3 is 0 Å². The maximum absolute atomic E-state index is 13.8. The molecular weight excluding hydrogens is 348 g/mol. The van der Waals surface area contributed by atoms with Crippen molar-refractivity contribution in [2.45, 2.75) is 13.8 Å². The molecule has 0 saturated heterocycles. The van der Waals surface area contributed by atoms with Crippen LogP contribution in [0.25, 0.3) is 0 Å². The van der Waals surface area contributed by atoms with Crippen LogP contribution in [0.5, 0.6) is 0 Å². The molecule has 1 aromatic heterocycles. The van der Waals surface area contributed by atoms with Gasteiger partial charge in [0.15, 0.2) is 0 Å². The highest BCUT2D eigenvalue weighted by atomic mass is 19.1. The average Bonchev–Trinajstić information content (AvgIpc) is 2.67. The van der Waals surface area contributed by atoms with Gasteiger partial charge in [-0.15, -0.1) is 0 Å². The second-order valence-corrected chi connectivity index (χ2v) is 5.83. The van der Waals surface area contributed by atoms with E-state index in [0.29, 0.717) is 5.95 Å². The lowest BCUT2D eigenvalue weighted by molar-refractivity contribution is 0.590. The number of nitrogens with one attached hydrogen (secondary N) is 2. The number of rotatable bonds is 7. The van der Waals surface area contributed by atoms with Crippen LogP contribution >= 0.6 is 0 Å². The molecule has 0 aliphatic carbocycles. The Labute approximate surface area is 157 Å². The molecule has 2 N–H and O–H groups in total. The van der Waals surface area contributed by atoms with E-state index in [1.807, 2.05) is 24.3 Å². The minimum Gasteiger partial charge on any atom is -0.372 e. The molecule has 5 nitrogen and oxygen atoms in total. The van der Waals surface area contributed by atoms with Gasteiger partial charge in [0.05, 0.1) is 0 Å². The third-order valence-electron chi connectivity index (χ3n) is 4.12. The predicted molar refractivity (Wildman–Crippen MR) is 105 cm³/mol. The maximum Gasteiger partial charge on any atom is 0.229 e. The molecule has 1 heterocycles. The first-order valence-corrected chi connectivity index (χ1v) is 8.76. The zero-order chi connectivity index (χ0) is 19.2. The molecule has 2 aromatic carbocycles. The van der Waals surface area contributed by atoms with Crippen LogP contribution in [0.15, 0.2) is 54.7 Å². The van der Waals surface area contributed by atoms with Gasteiger partial charge in [-0.1, -0.05) is 6.07 Å². The van der Waals surface area contributed by atoms with Gasteiger partial charge in [-0.2, -0.15) is 4.98 Å². The van der Waals surface area contributed by atoms with Crippen molar-refractivity contribution in [1.29, 1.82) is 0 Å². The van der Waals surface area contributed by atoms with Crippen molar-refractivity contribution in [1.82, 2.24) is 9.97 Å². The second-order valence-electron chi connectivity index (χ2n) is 5.83. The molecule has 0 bridgehead atoms. The Morgan fingerprint density at radius 2 is 1.56 bits per heavy atom. The van der Waals surface area contributed by atoms with Crippen LogP contribution in [0.4, 0.5) is 37.6 Å². The summed E-state index contributed by atoms with van der Waals surface area (Å²) in [5, 5.41) is 5.75. The van der Waals surface area contributed by atoms with E-state index in [0.717, 1.165) is 24.5 Å². The summed E-state index contributed by atoms with van der Waals surface area (Å²) >= 11 is 0. The third-order valence-corrected chi connectivity index (χ3v) is 4.12. The van der Waals surface area contributed by atoms with E-state index in [1.54, 1.807) is 6.07 Å². The Kier molecular flexibility index (Phi) is 5.80. The third kappa shape index (κ3) is 4.49. The number of halogens is 2. The van der Waals surface area contributed by atoms with Crippen molar-refractivity contribution in [2.75, 3.05) is 28.6 Å². The minimum absolute atomic E-state index is 0.245. The molecule has 0 saturated carbocycles. The van der Waals surface area contributed by atoms with E-state index >= 15 is 0 Å². The fourth-order valence-electron chi connectivity index (χ4n) is 2.71. The van der Waals surface area contributed by atoms with Crippen LogP contribution in [0.2, 0.25) is 0 Å². The summed E-state index contributed by atoms with van der Waals surface area (Å²) in [7, 11) is 0. The van der Waals surface area contributed by atoms with Crippen LogP contribution in [0.3, 0.4) is 0 Å². The van der Waals surface area contributed by atoms with Crippen molar-refractivity contribution in [3.05, 3.63) is 66.4 Å². The van der Waals surface area contributed by atoms with Gasteiger partial charge in [-0.25, -0.2) is 13.8 Å². The van der Waals surface area contributed by atoms with Crippen molar-refractivity contribution in [2.24, 2.45) is 0 Å². The van der Waals surface area contributed by atoms with Crippen molar-refractivity contribution >= 4 is 28.8 Å². The molecule has 0 aliphatic rings. The van der Waals surface area contributed by atoms with E-state index in [1.165, 1.54) is 24.4 Å². The molecule has 0 amide bonds. The second kappa shape index (κ2) is 8.44. The molecule has 0 aliphatic heterocycles. The molecule has 7 heteroatoms. The lowest BCUT2D eigenvalue weighted by Gasteiger charge is -2.21. The van der Waals surface area contributed by atoms with E-state index in [-0.39, 0.29) is 11.5 Å².